The van der Waals surface area contributed by atoms with E-state index in [9.17, 15) is 5.26 Å². The number of aromatic nitrogens is 3. The summed E-state index contributed by atoms with van der Waals surface area (Å²) in [5.74, 6) is 0.978. The molecule has 9 heteroatoms. The number of nitriles is 1. The maximum atomic E-state index is 9.85. The topological polar surface area (TPSA) is 114 Å². The number of benzene rings is 2. The molecule has 190 valence electrons. The molecule has 0 atom stereocenters. The third-order valence-electron chi connectivity index (χ3n) is 6.77. The third-order valence-corrected chi connectivity index (χ3v) is 6.77. The van der Waals surface area contributed by atoms with Crippen molar-refractivity contribution in [3.63, 3.8) is 0 Å². The first-order valence-corrected chi connectivity index (χ1v) is 12.4. The summed E-state index contributed by atoms with van der Waals surface area (Å²) in [6, 6.07) is 14.4. The fourth-order valence-corrected chi connectivity index (χ4v) is 4.63. The van der Waals surface area contributed by atoms with Crippen LogP contribution < -0.4 is 20.7 Å². The van der Waals surface area contributed by atoms with Gasteiger partial charge in [0, 0.05) is 42.3 Å². The minimum absolute atomic E-state index is 0.268. The van der Waals surface area contributed by atoms with Gasteiger partial charge < -0.3 is 30.0 Å². The van der Waals surface area contributed by atoms with Crippen LogP contribution >= 0.6 is 0 Å². The zero-order valence-electron chi connectivity index (χ0n) is 21.4. The summed E-state index contributed by atoms with van der Waals surface area (Å²) >= 11 is 0. The Bertz CT molecular complexity index is 1470. The van der Waals surface area contributed by atoms with Crippen LogP contribution in [0, 0.1) is 11.3 Å². The SMILES string of the molecule is CCCCN(C)c1cc(OC)c(Nc2ncc(C#N)c(-c3cn(C4COC4)c4ccccc34)n2)cc1N. The second kappa shape index (κ2) is 10.4. The van der Waals surface area contributed by atoms with Gasteiger partial charge in [0.25, 0.3) is 0 Å². The third kappa shape index (κ3) is 4.63. The molecule has 4 aromatic rings. The molecule has 5 rings (SSSR count). The largest absolute Gasteiger partial charge is 0.494 e. The molecule has 0 spiro atoms. The number of unbranched alkanes of at least 4 members (excludes halogenated alkanes) is 1. The Morgan fingerprint density at radius 3 is 2.81 bits per heavy atom. The summed E-state index contributed by atoms with van der Waals surface area (Å²) in [5.41, 5.74) is 11.5. The molecule has 2 aromatic heterocycles. The molecule has 0 radical (unpaired) electrons. The molecule has 0 aliphatic carbocycles. The van der Waals surface area contributed by atoms with Crippen LogP contribution in [-0.4, -0.2) is 48.5 Å². The summed E-state index contributed by atoms with van der Waals surface area (Å²) in [4.78, 5) is 11.3. The highest BCUT2D eigenvalue weighted by Gasteiger charge is 2.25. The molecule has 0 amide bonds. The van der Waals surface area contributed by atoms with Crippen LogP contribution in [0.1, 0.15) is 31.4 Å². The Balaban J connectivity index is 1.53. The number of nitrogens with one attached hydrogen (secondary N) is 1. The van der Waals surface area contributed by atoms with Crippen LogP contribution in [0.4, 0.5) is 23.0 Å². The van der Waals surface area contributed by atoms with Gasteiger partial charge in [0.1, 0.15) is 11.8 Å². The quantitative estimate of drug-likeness (QED) is 0.307. The number of nitrogen functional groups attached to an aromatic ring is 1. The molecule has 1 aliphatic rings. The zero-order valence-corrected chi connectivity index (χ0v) is 21.4. The van der Waals surface area contributed by atoms with Crippen molar-refractivity contribution >= 4 is 33.9 Å². The molecule has 1 fully saturated rings. The molecule has 3 N–H and O–H groups in total. The van der Waals surface area contributed by atoms with Gasteiger partial charge in [-0.2, -0.15) is 5.26 Å². The number of hydrogen-bond donors (Lipinski definition) is 2. The van der Waals surface area contributed by atoms with Crippen molar-refractivity contribution in [1.82, 2.24) is 14.5 Å². The van der Waals surface area contributed by atoms with Gasteiger partial charge in [-0.05, 0) is 18.6 Å². The van der Waals surface area contributed by atoms with Gasteiger partial charge in [0.05, 0.1) is 60.9 Å². The highest BCUT2D eigenvalue weighted by Crippen LogP contribution is 2.38. The van der Waals surface area contributed by atoms with Crippen molar-refractivity contribution in [3.05, 3.63) is 54.4 Å². The highest BCUT2D eigenvalue weighted by molar-refractivity contribution is 5.96. The van der Waals surface area contributed by atoms with E-state index in [1.165, 1.54) is 0 Å². The summed E-state index contributed by atoms with van der Waals surface area (Å²) < 4.78 is 13.3. The predicted molar refractivity (Wildman–Crippen MR) is 146 cm³/mol. The lowest BCUT2D eigenvalue weighted by Gasteiger charge is -2.28. The molecule has 0 unspecified atom stereocenters. The van der Waals surface area contributed by atoms with Gasteiger partial charge in [-0.1, -0.05) is 31.5 Å². The molecule has 1 saturated heterocycles. The van der Waals surface area contributed by atoms with Crippen molar-refractivity contribution in [2.75, 3.05) is 49.9 Å². The molecule has 0 bridgehead atoms. The Labute approximate surface area is 216 Å². The number of methoxy groups -OCH3 is 1. The first-order chi connectivity index (χ1) is 18.0. The van der Waals surface area contributed by atoms with E-state index in [4.69, 9.17) is 20.2 Å². The van der Waals surface area contributed by atoms with Crippen LogP contribution in [0.5, 0.6) is 5.75 Å². The second-order valence-corrected chi connectivity index (χ2v) is 9.24. The van der Waals surface area contributed by atoms with Gasteiger partial charge >= 0.3 is 0 Å². The number of ether oxygens (including phenoxy) is 2. The van der Waals surface area contributed by atoms with E-state index in [0.29, 0.717) is 47.5 Å². The lowest BCUT2D eigenvalue weighted by atomic mass is 10.1. The van der Waals surface area contributed by atoms with E-state index < -0.39 is 0 Å². The molecule has 37 heavy (non-hydrogen) atoms. The van der Waals surface area contributed by atoms with Gasteiger partial charge in [-0.15, -0.1) is 0 Å². The van der Waals surface area contributed by atoms with Crippen molar-refractivity contribution in [2.24, 2.45) is 0 Å². The second-order valence-electron chi connectivity index (χ2n) is 9.24. The number of para-hydroxylation sites is 1. The normalized spacial score (nSPS) is 13.2. The van der Waals surface area contributed by atoms with Crippen LogP contribution in [0.2, 0.25) is 0 Å². The molecule has 9 nitrogen and oxygen atoms in total. The summed E-state index contributed by atoms with van der Waals surface area (Å²) in [7, 11) is 3.65. The number of rotatable bonds is 9. The highest BCUT2D eigenvalue weighted by atomic mass is 16.5. The van der Waals surface area contributed by atoms with E-state index in [0.717, 1.165) is 41.5 Å². The Morgan fingerprint density at radius 2 is 2.11 bits per heavy atom. The first-order valence-electron chi connectivity index (χ1n) is 12.4. The molecule has 1 aliphatic heterocycles. The number of nitrogens with zero attached hydrogens (tertiary/aromatic N) is 5. The number of nitrogens with two attached hydrogens (primary N) is 1. The van der Waals surface area contributed by atoms with E-state index in [1.54, 1.807) is 13.3 Å². The van der Waals surface area contributed by atoms with Crippen LogP contribution in [0.25, 0.3) is 22.2 Å². The van der Waals surface area contributed by atoms with E-state index in [1.807, 2.05) is 31.3 Å². The van der Waals surface area contributed by atoms with Crippen molar-refractivity contribution in [2.45, 2.75) is 25.8 Å². The molecular formula is C28H31N7O2. The number of hydrogen-bond acceptors (Lipinski definition) is 8. The lowest BCUT2D eigenvalue weighted by molar-refractivity contribution is -0.0213. The summed E-state index contributed by atoms with van der Waals surface area (Å²) in [6.45, 7) is 4.41. The van der Waals surface area contributed by atoms with E-state index in [2.05, 4.69) is 51.1 Å². The monoisotopic (exact) mass is 497 g/mol. The van der Waals surface area contributed by atoms with Gasteiger partial charge in [-0.25, -0.2) is 9.97 Å². The zero-order chi connectivity index (χ0) is 25.9. The number of fused-ring (bicyclic) bond motifs is 1. The van der Waals surface area contributed by atoms with Crippen molar-refractivity contribution in [1.29, 1.82) is 5.26 Å². The number of anilines is 4. The first kappa shape index (κ1) is 24.4. The average Bonchev–Trinajstić information content (AvgIpc) is 3.25. The minimum atomic E-state index is 0.268. The fourth-order valence-electron chi connectivity index (χ4n) is 4.63. The van der Waals surface area contributed by atoms with E-state index in [-0.39, 0.29) is 6.04 Å². The minimum Gasteiger partial charge on any atom is -0.494 e. The van der Waals surface area contributed by atoms with Crippen LogP contribution in [0.3, 0.4) is 0 Å². The molecular weight excluding hydrogens is 466 g/mol. The average molecular weight is 498 g/mol. The van der Waals surface area contributed by atoms with E-state index >= 15 is 0 Å². The molecule has 2 aromatic carbocycles. The molecule has 0 saturated carbocycles. The van der Waals surface area contributed by atoms with Gasteiger partial charge in [-0.3, -0.25) is 0 Å². The maximum absolute atomic E-state index is 9.85. The summed E-state index contributed by atoms with van der Waals surface area (Å²) in [5, 5.41) is 14.1. The standard InChI is InChI=1S/C28H31N7O2/c1-4-5-10-34(2)25-12-26(36-3)23(11-22(25)30)32-28-31-14-18(13-29)27(33-28)21-15-35(19-16-37-17-19)24-9-7-6-8-20(21)24/h6-9,11-12,14-15,19H,4-5,10,16-17,30H2,1-3H3,(H,31,32,33). The molecule has 3 heterocycles. The lowest BCUT2D eigenvalue weighted by Crippen LogP contribution is -2.30. The van der Waals surface area contributed by atoms with Crippen LogP contribution in [0.15, 0.2) is 48.8 Å². The van der Waals surface area contributed by atoms with Gasteiger partial charge in [0.2, 0.25) is 5.95 Å². The van der Waals surface area contributed by atoms with Crippen LogP contribution in [-0.2, 0) is 4.74 Å². The van der Waals surface area contributed by atoms with Gasteiger partial charge in [0.15, 0.2) is 0 Å². The fraction of sp³-hybridized carbons (Fsp3) is 0.321. The van der Waals surface area contributed by atoms with Crippen molar-refractivity contribution < 1.29 is 9.47 Å². The smallest absolute Gasteiger partial charge is 0.227 e. The summed E-state index contributed by atoms with van der Waals surface area (Å²) in [6.07, 6.45) is 5.78. The van der Waals surface area contributed by atoms with Crippen molar-refractivity contribution in [3.8, 4) is 23.1 Å². The Hall–Kier alpha value is -4.29. The maximum Gasteiger partial charge on any atom is 0.227 e. The Morgan fingerprint density at radius 1 is 1.30 bits per heavy atom. The predicted octanol–water partition coefficient (Wildman–Crippen LogP) is 5.11. The Kier molecular flexibility index (Phi) is 6.84.